The summed E-state index contributed by atoms with van der Waals surface area (Å²) < 4.78 is 0. The quantitative estimate of drug-likeness (QED) is 0.521. The Bertz CT molecular complexity index is 331. The third kappa shape index (κ3) is 3.85. The fraction of sp³-hybridized carbons (Fsp3) is 0.154. The van der Waals surface area contributed by atoms with E-state index in [2.05, 4.69) is 37.3 Å². The predicted octanol–water partition coefficient (Wildman–Crippen LogP) is 3.15. The van der Waals surface area contributed by atoms with E-state index in [1.807, 2.05) is 12.2 Å². The first kappa shape index (κ1) is 10.5. The minimum atomic E-state index is 0.791. The van der Waals surface area contributed by atoms with Crippen molar-refractivity contribution in [3.05, 3.63) is 53.6 Å². The van der Waals surface area contributed by atoms with Crippen LogP contribution in [-0.4, -0.2) is 6.29 Å². The molecule has 0 N–H and O–H groups in total. The van der Waals surface area contributed by atoms with E-state index >= 15 is 0 Å². The van der Waals surface area contributed by atoms with Gasteiger partial charge in [0.1, 0.15) is 6.29 Å². The van der Waals surface area contributed by atoms with Gasteiger partial charge in [0.15, 0.2) is 0 Å². The lowest BCUT2D eigenvalue weighted by Gasteiger charge is -1.93. The van der Waals surface area contributed by atoms with Crippen LogP contribution < -0.4 is 0 Å². The van der Waals surface area contributed by atoms with E-state index < -0.39 is 0 Å². The average Bonchev–Trinajstić information content (AvgIpc) is 2.21. The highest BCUT2D eigenvalue weighted by Crippen LogP contribution is 2.05. The maximum Gasteiger partial charge on any atom is 0.142 e. The summed E-state index contributed by atoms with van der Waals surface area (Å²) in [4.78, 5) is 9.96. The molecule has 0 aliphatic heterocycles. The van der Waals surface area contributed by atoms with E-state index in [1.54, 1.807) is 0 Å². The summed E-state index contributed by atoms with van der Waals surface area (Å²) >= 11 is 0. The first-order valence-electron chi connectivity index (χ1n) is 4.66. The summed E-state index contributed by atoms with van der Waals surface area (Å²) in [6.07, 6.45) is 9.02. The Morgan fingerprint density at radius 2 is 1.86 bits per heavy atom. The fourth-order valence-electron chi connectivity index (χ4n) is 1.09. The van der Waals surface area contributed by atoms with E-state index in [1.165, 1.54) is 17.2 Å². The van der Waals surface area contributed by atoms with Crippen molar-refractivity contribution in [1.29, 1.82) is 0 Å². The molecule has 0 atom stereocenters. The number of hydrogen-bond acceptors (Lipinski definition) is 1. The van der Waals surface area contributed by atoms with Crippen LogP contribution in [0.15, 0.2) is 42.5 Å². The molecular weight excluding hydrogens is 172 g/mol. The molecule has 0 saturated heterocycles. The molecule has 1 heteroatoms. The highest BCUT2D eigenvalue weighted by atomic mass is 16.1. The normalized spacial score (nSPS) is 11.2. The molecule has 0 amide bonds. The molecule has 72 valence electrons. The second-order valence-corrected chi connectivity index (χ2v) is 3.11. The number of rotatable bonds is 4. The predicted molar refractivity (Wildman–Crippen MR) is 60.0 cm³/mol. The summed E-state index contributed by atoms with van der Waals surface area (Å²) in [5.74, 6) is 0. The molecule has 1 aromatic carbocycles. The highest BCUT2D eigenvalue weighted by Gasteiger charge is 1.84. The topological polar surface area (TPSA) is 17.1 Å². The van der Waals surface area contributed by atoms with Gasteiger partial charge >= 0.3 is 0 Å². The van der Waals surface area contributed by atoms with Crippen LogP contribution in [0.1, 0.15) is 17.5 Å². The molecule has 0 heterocycles. The maximum atomic E-state index is 9.96. The second kappa shape index (κ2) is 5.92. The highest BCUT2D eigenvalue weighted by molar-refractivity contribution is 5.64. The van der Waals surface area contributed by atoms with Gasteiger partial charge < -0.3 is 0 Å². The maximum absolute atomic E-state index is 9.96. The zero-order valence-electron chi connectivity index (χ0n) is 8.31. The second-order valence-electron chi connectivity index (χ2n) is 3.11. The lowest BCUT2D eigenvalue weighted by atomic mass is 10.1. The molecule has 0 bridgehead atoms. The van der Waals surface area contributed by atoms with Crippen LogP contribution in [0.25, 0.3) is 6.08 Å². The zero-order chi connectivity index (χ0) is 10.2. The number of carbonyl (C=O) groups excluding carboxylic acids is 1. The van der Waals surface area contributed by atoms with Crippen molar-refractivity contribution in [2.45, 2.75) is 13.3 Å². The van der Waals surface area contributed by atoms with Gasteiger partial charge in [0.25, 0.3) is 0 Å². The number of aldehydes is 1. The van der Waals surface area contributed by atoms with Gasteiger partial charge in [-0.2, -0.15) is 0 Å². The van der Waals surface area contributed by atoms with Crippen molar-refractivity contribution in [2.24, 2.45) is 0 Å². The standard InChI is InChI=1S/C13H14O/c1-12-7-9-13(10-8-12)6-4-2-3-5-11-14/h3-11H,2H2,1H3. The third-order valence-corrected chi connectivity index (χ3v) is 1.87. The number of hydrogen-bond donors (Lipinski definition) is 0. The van der Waals surface area contributed by atoms with Crippen LogP contribution >= 0.6 is 0 Å². The SMILES string of the molecule is Cc1ccc(C=CCC=CC=O)cc1. The largest absolute Gasteiger partial charge is 0.299 e. The third-order valence-electron chi connectivity index (χ3n) is 1.87. The van der Waals surface area contributed by atoms with Gasteiger partial charge in [0.05, 0.1) is 0 Å². The van der Waals surface area contributed by atoms with E-state index in [0.29, 0.717) is 0 Å². The monoisotopic (exact) mass is 186 g/mol. The molecule has 1 rings (SSSR count). The molecule has 0 unspecified atom stereocenters. The Morgan fingerprint density at radius 3 is 2.50 bits per heavy atom. The molecule has 0 spiro atoms. The van der Waals surface area contributed by atoms with Crippen molar-refractivity contribution in [3.8, 4) is 0 Å². The smallest absolute Gasteiger partial charge is 0.142 e. The van der Waals surface area contributed by atoms with Crippen LogP contribution in [0.4, 0.5) is 0 Å². The van der Waals surface area contributed by atoms with Gasteiger partial charge in [-0.3, -0.25) is 4.79 Å². The van der Waals surface area contributed by atoms with Crippen LogP contribution in [0.2, 0.25) is 0 Å². The van der Waals surface area contributed by atoms with E-state index in [-0.39, 0.29) is 0 Å². The van der Waals surface area contributed by atoms with Crippen molar-refractivity contribution < 1.29 is 4.79 Å². The van der Waals surface area contributed by atoms with Gasteiger partial charge in [-0.05, 0) is 25.0 Å². The first-order valence-corrected chi connectivity index (χ1v) is 4.66. The van der Waals surface area contributed by atoms with E-state index in [9.17, 15) is 4.79 Å². The molecule has 0 saturated carbocycles. The number of benzene rings is 1. The Kier molecular flexibility index (Phi) is 4.42. The Hall–Kier alpha value is -1.63. The van der Waals surface area contributed by atoms with Crippen LogP contribution in [0.3, 0.4) is 0 Å². The number of carbonyl (C=O) groups is 1. The molecule has 0 aliphatic rings. The first-order chi connectivity index (χ1) is 6.83. The Morgan fingerprint density at radius 1 is 1.14 bits per heavy atom. The molecule has 0 fully saturated rings. The van der Waals surface area contributed by atoms with Crippen molar-refractivity contribution >= 4 is 12.4 Å². The summed E-state index contributed by atoms with van der Waals surface area (Å²) in [5.41, 5.74) is 2.46. The van der Waals surface area contributed by atoms with Gasteiger partial charge in [-0.25, -0.2) is 0 Å². The molecule has 1 nitrogen and oxygen atoms in total. The van der Waals surface area contributed by atoms with Crippen molar-refractivity contribution in [2.75, 3.05) is 0 Å². The Balaban J connectivity index is 2.47. The minimum absolute atomic E-state index is 0.791. The zero-order valence-corrected chi connectivity index (χ0v) is 8.31. The Labute approximate surface area is 84.8 Å². The van der Waals surface area contributed by atoms with Gasteiger partial charge in [-0.15, -0.1) is 0 Å². The number of allylic oxidation sites excluding steroid dienone is 3. The summed E-state index contributed by atoms with van der Waals surface area (Å²) in [7, 11) is 0. The summed E-state index contributed by atoms with van der Waals surface area (Å²) in [6, 6.07) is 8.33. The number of aryl methyl sites for hydroxylation is 1. The van der Waals surface area contributed by atoms with Gasteiger partial charge in [0.2, 0.25) is 0 Å². The lowest BCUT2D eigenvalue weighted by molar-refractivity contribution is -0.104. The molecule has 0 aromatic heterocycles. The van der Waals surface area contributed by atoms with Crippen LogP contribution in [0, 0.1) is 6.92 Å². The van der Waals surface area contributed by atoms with Crippen molar-refractivity contribution in [1.82, 2.24) is 0 Å². The van der Waals surface area contributed by atoms with E-state index in [0.717, 1.165) is 12.7 Å². The van der Waals surface area contributed by atoms with E-state index in [4.69, 9.17) is 0 Å². The average molecular weight is 186 g/mol. The molecule has 0 radical (unpaired) electrons. The summed E-state index contributed by atoms with van der Waals surface area (Å²) in [5, 5.41) is 0. The fourth-order valence-corrected chi connectivity index (χ4v) is 1.09. The molecule has 1 aromatic rings. The van der Waals surface area contributed by atoms with Crippen LogP contribution in [-0.2, 0) is 4.79 Å². The summed E-state index contributed by atoms with van der Waals surface area (Å²) in [6.45, 7) is 2.07. The van der Waals surface area contributed by atoms with Gasteiger partial charge in [0, 0.05) is 0 Å². The van der Waals surface area contributed by atoms with Crippen LogP contribution in [0.5, 0.6) is 0 Å². The molecule has 14 heavy (non-hydrogen) atoms. The van der Waals surface area contributed by atoms with Gasteiger partial charge in [-0.1, -0.05) is 48.1 Å². The molecule has 0 aliphatic carbocycles. The van der Waals surface area contributed by atoms with Crippen molar-refractivity contribution in [3.63, 3.8) is 0 Å². The lowest BCUT2D eigenvalue weighted by Crippen LogP contribution is -1.73. The molecular formula is C13H14O. The minimum Gasteiger partial charge on any atom is -0.299 e.